The average molecular weight is 423 g/mol. The third-order valence-electron chi connectivity index (χ3n) is 2.84. The number of hydrogen-bond donors (Lipinski definition) is 2. The van der Waals surface area contributed by atoms with Gasteiger partial charge in [-0.1, -0.05) is 29.3 Å². The number of rotatable bonds is 1. The molecule has 0 bridgehead atoms. The molecule has 0 atom stereocenters. The first kappa shape index (κ1) is 13.7. The van der Waals surface area contributed by atoms with Crippen molar-refractivity contribution >= 4 is 5.57 Å². The maximum atomic E-state index is 9.36. The largest absolute Gasteiger partial charge is 0.533 e. The number of aromatic hydroxyl groups is 2. The van der Waals surface area contributed by atoms with E-state index in [1.54, 1.807) is 30.3 Å². The molecule has 0 radical (unpaired) electrons. The van der Waals surface area contributed by atoms with Crippen molar-refractivity contribution in [2.75, 3.05) is 6.61 Å². The van der Waals surface area contributed by atoms with Crippen molar-refractivity contribution in [1.29, 1.82) is 0 Å². The summed E-state index contributed by atoms with van der Waals surface area (Å²) in [5.41, 5.74) is 2.71. The zero-order chi connectivity index (χ0) is 12.5. The van der Waals surface area contributed by atoms with Crippen molar-refractivity contribution in [3.05, 3.63) is 59.7 Å². The minimum atomic E-state index is 0. The second-order valence-corrected chi connectivity index (χ2v) is 4.12. The SMILES string of the molecule is Oc1ccc(C2=[C-]c3ccc(O)cc3OC2)cc1.[W]. The van der Waals surface area contributed by atoms with Crippen molar-refractivity contribution in [1.82, 2.24) is 0 Å². The summed E-state index contributed by atoms with van der Waals surface area (Å²) in [6.45, 7) is 0.404. The summed E-state index contributed by atoms with van der Waals surface area (Å²) >= 11 is 0. The summed E-state index contributed by atoms with van der Waals surface area (Å²) < 4.78 is 5.58. The van der Waals surface area contributed by atoms with Crippen LogP contribution in [-0.4, -0.2) is 16.8 Å². The maximum Gasteiger partial charge on any atom is 0.114 e. The summed E-state index contributed by atoms with van der Waals surface area (Å²) in [5, 5.41) is 18.6. The van der Waals surface area contributed by atoms with E-state index in [-0.39, 0.29) is 32.6 Å². The molecular weight excluding hydrogens is 412 g/mol. The Morgan fingerprint density at radius 1 is 0.947 bits per heavy atom. The molecule has 1 heterocycles. The van der Waals surface area contributed by atoms with Gasteiger partial charge in [-0.05, 0) is 18.2 Å². The molecule has 2 aromatic rings. The Hall–Kier alpha value is -1.73. The van der Waals surface area contributed by atoms with Gasteiger partial charge in [-0.25, -0.2) is 0 Å². The van der Waals surface area contributed by atoms with Gasteiger partial charge in [0, 0.05) is 26.8 Å². The van der Waals surface area contributed by atoms with Crippen molar-refractivity contribution in [2.45, 2.75) is 0 Å². The van der Waals surface area contributed by atoms with Crippen molar-refractivity contribution < 1.29 is 36.0 Å². The molecule has 0 aliphatic carbocycles. The molecule has 3 nitrogen and oxygen atoms in total. The van der Waals surface area contributed by atoms with E-state index in [4.69, 9.17) is 4.74 Å². The molecule has 0 saturated heterocycles. The molecule has 0 aromatic heterocycles. The average Bonchev–Trinajstić information content (AvgIpc) is 2.39. The molecule has 0 spiro atoms. The normalized spacial score (nSPS) is 12.7. The Bertz CT molecular complexity index is 618. The summed E-state index contributed by atoms with van der Waals surface area (Å²) in [5.74, 6) is 1.06. The summed E-state index contributed by atoms with van der Waals surface area (Å²) in [6, 6.07) is 11.9. The smallest absolute Gasteiger partial charge is 0.114 e. The minimum absolute atomic E-state index is 0. The van der Waals surface area contributed by atoms with Gasteiger partial charge < -0.3 is 14.9 Å². The van der Waals surface area contributed by atoms with Gasteiger partial charge in [0.1, 0.15) is 11.5 Å². The summed E-state index contributed by atoms with van der Waals surface area (Å²) in [4.78, 5) is 0. The van der Waals surface area contributed by atoms with Gasteiger partial charge in [0.15, 0.2) is 0 Å². The minimum Gasteiger partial charge on any atom is -0.533 e. The van der Waals surface area contributed by atoms with E-state index in [1.807, 2.05) is 12.1 Å². The Labute approximate surface area is 125 Å². The Kier molecular flexibility index (Phi) is 3.96. The third-order valence-corrected chi connectivity index (χ3v) is 2.84. The van der Waals surface area contributed by atoms with Gasteiger partial charge in [-0.3, -0.25) is 0 Å². The first-order valence-electron chi connectivity index (χ1n) is 5.60. The Morgan fingerprint density at radius 2 is 1.63 bits per heavy atom. The van der Waals surface area contributed by atoms with Gasteiger partial charge in [0.05, 0.1) is 6.61 Å². The molecule has 2 N–H and O–H groups in total. The van der Waals surface area contributed by atoms with E-state index in [0.717, 1.165) is 16.7 Å². The van der Waals surface area contributed by atoms with Gasteiger partial charge in [-0.15, -0.1) is 17.7 Å². The number of hydrogen-bond acceptors (Lipinski definition) is 3. The van der Waals surface area contributed by atoms with Crippen molar-refractivity contribution in [3.63, 3.8) is 0 Å². The van der Waals surface area contributed by atoms with Crippen LogP contribution in [0.3, 0.4) is 0 Å². The summed E-state index contributed by atoms with van der Waals surface area (Å²) in [7, 11) is 0. The van der Waals surface area contributed by atoms with E-state index in [9.17, 15) is 10.2 Å². The first-order valence-corrected chi connectivity index (χ1v) is 5.60. The Balaban J connectivity index is 0.00000133. The van der Waals surface area contributed by atoms with Gasteiger partial charge in [0.25, 0.3) is 0 Å². The molecule has 0 amide bonds. The molecule has 3 rings (SSSR count). The van der Waals surface area contributed by atoms with Crippen LogP contribution in [0.15, 0.2) is 42.5 Å². The van der Waals surface area contributed by atoms with Crippen LogP contribution < -0.4 is 4.74 Å². The van der Waals surface area contributed by atoms with Crippen LogP contribution in [-0.2, 0) is 21.1 Å². The van der Waals surface area contributed by atoms with Crippen molar-refractivity contribution in [2.24, 2.45) is 0 Å². The van der Waals surface area contributed by atoms with Gasteiger partial charge >= 0.3 is 0 Å². The second-order valence-electron chi connectivity index (χ2n) is 4.12. The first-order chi connectivity index (χ1) is 8.72. The van der Waals surface area contributed by atoms with Crippen molar-refractivity contribution in [3.8, 4) is 17.2 Å². The van der Waals surface area contributed by atoms with Gasteiger partial charge in [0.2, 0.25) is 0 Å². The molecule has 2 aromatic carbocycles. The molecule has 0 unspecified atom stereocenters. The van der Waals surface area contributed by atoms with Gasteiger partial charge in [-0.2, -0.15) is 0 Å². The fourth-order valence-electron chi connectivity index (χ4n) is 1.90. The number of phenolic OH excluding ortho intramolecular Hbond substituents is 2. The molecule has 96 valence electrons. The van der Waals surface area contributed by atoms with E-state index < -0.39 is 0 Å². The number of ether oxygens (including phenoxy) is 1. The van der Waals surface area contributed by atoms with Crippen LogP contribution in [0.4, 0.5) is 0 Å². The second kappa shape index (κ2) is 5.50. The summed E-state index contributed by atoms with van der Waals surface area (Å²) in [6.07, 6.45) is 3.26. The molecule has 0 fully saturated rings. The standard InChI is InChI=1S/C15H11O3.W/c16-13-4-1-10(2-5-13)12-7-11-3-6-14(17)8-15(11)18-9-12;/h1-6,8,16-17H,9H2;/q-1;. The van der Waals surface area contributed by atoms with Crippen LogP contribution in [0.2, 0.25) is 0 Å². The molecule has 4 heteroatoms. The maximum absolute atomic E-state index is 9.36. The predicted molar refractivity (Wildman–Crippen MR) is 67.5 cm³/mol. The molecular formula is C15H11O3W-. The predicted octanol–water partition coefficient (Wildman–Crippen LogP) is 2.72. The van der Waals surface area contributed by atoms with E-state index in [0.29, 0.717) is 12.4 Å². The van der Waals surface area contributed by atoms with Crippen LogP contribution in [0.25, 0.3) is 5.57 Å². The number of phenols is 2. The third kappa shape index (κ3) is 2.82. The van der Waals surface area contributed by atoms with Crippen LogP contribution in [0, 0.1) is 6.08 Å². The van der Waals surface area contributed by atoms with E-state index >= 15 is 0 Å². The quantitative estimate of drug-likeness (QED) is 0.694. The van der Waals surface area contributed by atoms with Crippen LogP contribution >= 0.6 is 0 Å². The monoisotopic (exact) mass is 423 g/mol. The zero-order valence-electron chi connectivity index (χ0n) is 9.96. The topological polar surface area (TPSA) is 49.7 Å². The van der Waals surface area contributed by atoms with Crippen LogP contribution in [0.5, 0.6) is 17.2 Å². The van der Waals surface area contributed by atoms with Crippen LogP contribution in [0.1, 0.15) is 11.1 Å². The molecule has 1 aliphatic rings. The fraction of sp³-hybridized carbons (Fsp3) is 0.0667. The van der Waals surface area contributed by atoms with E-state index in [1.165, 1.54) is 0 Å². The molecule has 1 aliphatic heterocycles. The number of fused-ring (bicyclic) bond motifs is 1. The zero-order valence-corrected chi connectivity index (χ0v) is 12.9. The van der Waals surface area contributed by atoms with E-state index in [2.05, 4.69) is 6.08 Å². The molecule has 0 saturated carbocycles. The fourth-order valence-corrected chi connectivity index (χ4v) is 1.90. The molecule has 19 heavy (non-hydrogen) atoms. The number of benzene rings is 2. The Morgan fingerprint density at radius 3 is 2.37 bits per heavy atom.